The number of esters is 1. The van der Waals surface area contributed by atoms with Crippen molar-refractivity contribution in [3.05, 3.63) is 62.5 Å². The second-order valence-electron chi connectivity index (χ2n) is 6.64. The standard InChI is InChI=1S/C21H23N3O6/c1-3-6-16-19(21(27)30-12-5-11-22)17(18(20(25)26)15(4-2)23-16)13-7-9-14(10-8-13)24(28)29/h7-10,17,23H,3-6,12H2,1-2H3,(H,25,26). The molecule has 0 aliphatic carbocycles. The summed E-state index contributed by atoms with van der Waals surface area (Å²) in [6, 6.07) is 7.36. The summed E-state index contributed by atoms with van der Waals surface area (Å²) in [5.74, 6) is -2.85. The number of allylic oxidation sites excluding steroid dienone is 2. The zero-order valence-electron chi connectivity index (χ0n) is 16.8. The number of dihydropyridines is 1. The van der Waals surface area contributed by atoms with Gasteiger partial charge in [0.1, 0.15) is 6.61 Å². The SMILES string of the molecule is CCCC1=C(C(=O)OCCC#N)C(c2ccc([N+](=O)[O-])cc2)C(C(=O)O)=C(CC)N1. The number of carbonyl (C=O) groups is 2. The fourth-order valence-electron chi connectivity index (χ4n) is 3.42. The molecule has 0 aromatic heterocycles. The summed E-state index contributed by atoms with van der Waals surface area (Å²) < 4.78 is 5.23. The van der Waals surface area contributed by atoms with Crippen molar-refractivity contribution in [1.29, 1.82) is 5.26 Å². The Morgan fingerprint density at radius 2 is 1.90 bits per heavy atom. The average Bonchev–Trinajstić information content (AvgIpc) is 2.72. The lowest BCUT2D eigenvalue weighted by Crippen LogP contribution is -2.33. The number of non-ortho nitro benzene ring substituents is 1. The zero-order chi connectivity index (χ0) is 22.3. The highest BCUT2D eigenvalue weighted by Gasteiger charge is 2.38. The van der Waals surface area contributed by atoms with E-state index < -0.39 is 22.8 Å². The molecule has 30 heavy (non-hydrogen) atoms. The number of carbonyl (C=O) groups excluding carboxylic acids is 1. The number of nitrogens with one attached hydrogen (secondary N) is 1. The zero-order valence-corrected chi connectivity index (χ0v) is 16.8. The van der Waals surface area contributed by atoms with E-state index in [0.29, 0.717) is 36.2 Å². The highest BCUT2D eigenvalue weighted by Crippen LogP contribution is 2.41. The Bertz CT molecular complexity index is 940. The number of hydrogen-bond donors (Lipinski definition) is 2. The minimum atomic E-state index is -1.19. The fourth-order valence-corrected chi connectivity index (χ4v) is 3.42. The Morgan fingerprint density at radius 3 is 2.40 bits per heavy atom. The van der Waals surface area contributed by atoms with Gasteiger partial charge in [0, 0.05) is 23.5 Å². The van der Waals surface area contributed by atoms with Crippen LogP contribution >= 0.6 is 0 Å². The van der Waals surface area contributed by atoms with Gasteiger partial charge in [-0.25, -0.2) is 9.59 Å². The Labute approximate surface area is 173 Å². The van der Waals surface area contributed by atoms with Crippen LogP contribution in [0, 0.1) is 21.4 Å². The number of aliphatic carboxylic acids is 1. The summed E-state index contributed by atoms with van der Waals surface area (Å²) in [5.41, 5.74) is 1.48. The van der Waals surface area contributed by atoms with Gasteiger partial charge in [0.05, 0.1) is 34.5 Å². The van der Waals surface area contributed by atoms with Gasteiger partial charge in [-0.2, -0.15) is 5.26 Å². The van der Waals surface area contributed by atoms with Crippen LogP contribution in [0.5, 0.6) is 0 Å². The van der Waals surface area contributed by atoms with Crippen LogP contribution in [0.4, 0.5) is 5.69 Å². The molecule has 1 aliphatic rings. The molecule has 2 rings (SSSR count). The minimum Gasteiger partial charge on any atom is -0.478 e. The average molecular weight is 413 g/mol. The molecular formula is C21H23N3O6. The molecule has 1 aromatic carbocycles. The quantitative estimate of drug-likeness (QED) is 0.271. The molecule has 0 saturated heterocycles. The van der Waals surface area contributed by atoms with Crippen molar-refractivity contribution in [1.82, 2.24) is 5.32 Å². The number of rotatable bonds is 9. The summed E-state index contributed by atoms with van der Waals surface area (Å²) in [7, 11) is 0. The number of nitro groups is 1. The predicted molar refractivity (Wildman–Crippen MR) is 107 cm³/mol. The van der Waals surface area contributed by atoms with Crippen LogP contribution in [0.25, 0.3) is 0 Å². The lowest BCUT2D eigenvalue weighted by atomic mass is 9.79. The van der Waals surface area contributed by atoms with E-state index in [1.807, 2.05) is 13.0 Å². The first-order chi connectivity index (χ1) is 14.3. The number of ether oxygens (including phenoxy) is 1. The summed E-state index contributed by atoms with van der Waals surface area (Å²) in [6.07, 6.45) is 1.60. The number of benzene rings is 1. The van der Waals surface area contributed by atoms with E-state index in [-0.39, 0.29) is 29.9 Å². The molecule has 158 valence electrons. The number of carboxylic acid groups (broad SMARTS) is 1. The van der Waals surface area contributed by atoms with Crippen LogP contribution in [0.1, 0.15) is 51.0 Å². The van der Waals surface area contributed by atoms with Crippen LogP contribution in [-0.2, 0) is 14.3 Å². The molecule has 0 spiro atoms. The van der Waals surface area contributed by atoms with Crippen molar-refractivity contribution < 1.29 is 24.4 Å². The summed E-state index contributed by atoms with van der Waals surface area (Å²) in [4.78, 5) is 35.5. The molecule has 1 unspecified atom stereocenters. The number of hydrogen-bond acceptors (Lipinski definition) is 7. The molecule has 0 saturated carbocycles. The maximum atomic E-state index is 12.9. The second kappa shape index (κ2) is 10.2. The molecule has 1 aliphatic heterocycles. The number of carboxylic acids is 1. The van der Waals surface area contributed by atoms with E-state index in [4.69, 9.17) is 10.00 Å². The van der Waals surface area contributed by atoms with Crippen LogP contribution in [0.2, 0.25) is 0 Å². The molecule has 2 N–H and O–H groups in total. The van der Waals surface area contributed by atoms with Gasteiger partial charge in [0.2, 0.25) is 0 Å². The summed E-state index contributed by atoms with van der Waals surface area (Å²) in [6.45, 7) is 3.62. The molecule has 0 bridgehead atoms. The summed E-state index contributed by atoms with van der Waals surface area (Å²) in [5, 5.41) is 32.7. The van der Waals surface area contributed by atoms with Crippen molar-refractivity contribution in [2.24, 2.45) is 0 Å². The van der Waals surface area contributed by atoms with Crippen molar-refractivity contribution >= 4 is 17.6 Å². The Hall–Kier alpha value is -3.67. The van der Waals surface area contributed by atoms with Crippen LogP contribution in [0.3, 0.4) is 0 Å². The third-order valence-electron chi connectivity index (χ3n) is 4.72. The van der Waals surface area contributed by atoms with Gasteiger partial charge in [0.25, 0.3) is 5.69 Å². The lowest BCUT2D eigenvalue weighted by Gasteiger charge is -2.31. The Morgan fingerprint density at radius 1 is 1.23 bits per heavy atom. The summed E-state index contributed by atoms with van der Waals surface area (Å²) >= 11 is 0. The molecule has 0 amide bonds. The molecule has 1 heterocycles. The first kappa shape index (κ1) is 22.6. The Kier molecular flexibility index (Phi) is 7.69. The van der Waals surface area contributed by atoms with E-state index in [9.17, 15) is 24.8 Å². The minimum absolute atomic E-state index is 0.00145. The van der Waals surface area contributed by atoms with Crippen molar-refractivity contribution in [3.8, 4) is 6.07 Å². The van der Waals surface area contributed by atoms with Crippen molar-refractivity contribution in [3.63, 3.8) is 0 Å². The monoisotopic (exact) mass is 413 g/mol. The first-order valence-corrected chi connectivity index (χ1v) is 9.60. The van der Waals surface area contributed by atoms with E-state index >= 15 is 0 Å². The van der Waals surface area contributed by atoms with Gasteiger partial charge < -0.3 is 15.2 Å². The van der Waals surface area contributed by atoms with Gasteiger partial charge >= 0.3 is 11.9 Å². The maximum Gasteiger partial charge on any atom is 0.336 e. The van der Waals surface area contributed by atoms with Gasteiger partial charge in [-0.05, 0) is 18.4 Å². The van der Waals surface area contributed by atoms with E-state index in [2.05, 4.69) is 5.32 Å². The predicted octanol–water partition coefficient (Wildman–Crippen LogP) is 3.54. The van der Waals surface area contributed by atoms with E-state index in [1.165, 1.54) is 24.3 Å². The number of nitro benzene ring substituents is 1. The molecule has 0 radical (unpaired) electrons. The van der Waals surface area contributed by atoms with Crippen molar-refractivity contribution in [2.75, 3.05) is 6.61 Å². The normalized spacial score (nSPS) is 16.0. The van der Waals surface area contributed by atoms with E-state index in [0.717, 1.165) is 0 Å². The van der Waals surface area contributed by atoms with Gasteiger partial charge in [-0.15, -0.1) is 0 Å². The topological polar surface area (TPSA) is 143 Å². The third kappa shape index (κ3) is 4.84. The van der Waals surface area contributed by atoms with Crippen LogP contribution in [0.15, 0.2) is 46.8 Å². The fraction of sp³-hybridized carbons (Fsp3) is 0.381. The highest BCUT2D eigenvalue weighted by molar-refractivity contribution is 5.99. The first-order valence-electron chi connectivity index (χ1n) is 9.60. The molecule has 0 fully saturated rings. The highest BCUT2D eigenvalue weighted by atomic mass is 16.6. The smallest absolute Gasteiger partial charge is 0.336 e. The molecule has 1 atom stereocenters. The third-order valence-corrected chi connectivity index (χ3v) is 4.72. The number of nitriles is 1. The molecule has 9 heteroatoms. The van der Waals surface area contributed by atoms with Crippen molar-refractivity contribution in [2.45, 2.75) is 45.4 Å². The van der Waals surface area contributed by atoms with Crippen LogP contribution < -0.4 is 5.32 Å². The van der Waals surface area contributed by atoms with Gasteiger partial charge in [-0.3, -0.25) is 10.1 Å². The second-order valence-corrected chi connectivity index (χ2v) is 6.64. The molecule has 1 aromatic rings. The Balaban J connectivity index is 2.66. The largest absolute Gasteiger partial charge is 0.478 e. The molecular weight excluding hydrogens is 390 g/mol. The maximum absolute atomic E-state index is 12.9. The van der Waals surface area contributed by atoms with Crippen LogP contribution in [-0.4, -0.2) is 28.6 Å². The van der Waals surface area contributed by atoms with Gasteiger partial charge in [0.15, 0.2) is 0 Å². The van der Waals surface area contributed by atoms with E-state index in [1.54, 1.807) is 6.92 Å². The lowest BCUT2D eigenvalue weighted by molar-refractivity contribution is -0.384. The molecule has 9 nitrogen and oxygen atoms in total. The van der Waals surface area contributed by atoms with Gasteiger partial charge in [-0.1, -0.05) is 32.4 Å². The number of nitrogens with zero attached hydrogens (tertiary/aromatic N) is 2.